The molecule has 2 amide bonds. The number of halogens is 1. The molecule has 2 N–H and O–H groups in total. The number of benzene rings is 1. The molecular weight excluding hydrogens is 337 g/mol. The van der Waals surface area contributed by atoms with Crippen molar-refractivity contribution in [1.29, 1.82) is 0 Å². The van der Waals surface area contributed by atoms with E-state index in [2.05, 4.69) is 30.7 Å². The van der Waals surface area contributed by atoms with Gasteiger partial charge in [0.1, 0.15) is 12.1 Å². The highest BCUT2D eigenvalue weighted by Crippen LogP contribution is 2.20. The Labute approximate surface area is 149 Å². The van der Waals surface area contributed by atoms with E-state index in [1.807, 2.05) is 0 Å². The van der Waals surface area contributed by atoms with Gasteiger partial charge in [0.05, 0.1) is 6.04 Å². The zero-order chi connectivity index (χ0) is 18.7. The van der Waals surface area contributed by atoms with Crippen molar-refractivity contribution in [2.75, 3.05) is 5.32 Å². The van der Waals surface area contributed by atoms with Gasteiger partial charge in [0, 0.05) is 18.1 Å². The number of nitrogens with zero attached hydrogens (tertiary/aromatic N) is 5. The lowest BCUT2D eigenvalue weighted by atomic mass is 10.1. The SMILES string of the molecule is Cc1cc(NC(=O)NC(C)c2ncnn2-c2ncccn2)c(C)cc1F. The second kappa shape index (κ2) is 7.26. The van der Waals surface area contributed by atoms with E-state index in [4.69, 9.17) is 0 Å². The monoisotopic (exact) mass is 355 g/mol. The number of hydrogen-bond donors (Lipinski definition) is 2. The minimum atomic E-state index is -0.455. The van der Waals surface area contributed by atoms with E-state index in [0.717, 1.165) is 0 Å². The Morgan fingerprint density at radius 2 is 1.88 bits per heavy atom. The van der Waals surface area contributed by atoms with Crippen LogP contribution in [0.15, 0.2) is 36.9 Å². The number of hydrogen-bond acceptors (Lipinski definition) is 5. The quantitative estimate of drug-likeness (QED) is 0.750. The van der Waals surface area contributed by atoms with Gasteiger partial charge in [0.25, 0.3) is 5.95 Å². The summed E-state index contributed by atoms with van der Waals surface area (Å²) in [5.41, 5.74) is 1.64. The molecule has 0 saturated heterocycles. The molecule has 26 heavy (non-hydrogen) atoms. The van der Waals surface area contributed by atoms with E-state index in [9.17, 15) is 9.18 Å². The largest absolute Gasteiger partial charge is 0.328 e. The minimum Gasteiger partial charge on any atom is -0.328 e. The zero-order valence-electron chi connectivity index (χ0n) is 14.6. The second-order valence-corrected chi connectivity index (χ2v) is 5.82. The Balaban J connectivity index is 1.73. The van der Waals surface area contributed by atoms with Crippen molar-refractivity contribution in [2.45, 2.75) is 26.8 Å². The van der Waals surface area contributed by atoms with E-state index in [0.29, 0.717) is 28.6 Å². The molecule has 1 unspecified atom stereocenters. The van der Waals surface area contributed by atoms with Crippen LogP contribution in [0.25, 0.3) is 5.95 Å². The molecule has 8 nitrogen and oxygen atoms in total. The van der Waals surface area contributed by atoms with Gasteiger partial charge in [-0.2, -0.15) is 9.78 Å². The lowest BCUT2D eigenvalue weighted by molar-refractivity contribution is 0.248. The standard InChI is InChI=1S/C17H18FN7O/c1-10-8-14(11(2)7-13(10)18)24-17(26)23-12(3)15-21-9-22-25(15)16-19-5-4-6-20-16/h4-9,12H,1-3H3,(H2,23,24,26). The van der Waals surface area contributed by atoms with Gasteiger partial charge in [-0.25, -0.2) is 24.1 Å². The molecule has 3 aromatic rings. The third-order valence-electron chi connectivity index (χ3n) is 3.80. The molecule has 1 aromatic carbocycles. The molecule has 0 radical (unpaired) electrons. The van der Waals surface area contributed by atoms with Crippen LogP contribution >= 0.6 is 0 Å². The van der Waals surface area contributed by atoms with Gasteiger partial charge in [-0.15, -0.1) is 0 Å². The highest BCUT2D eigenvalue weighted by atomic mass is 19.1. The fourth-order valence-electron chi connectivity index (χ4n) is 2.44. The predicted molar refractivity (Wildman–Crippen MR) is 93.4 cm³/mol. The first-order chi connectivity index (χ1) is 12.5. The molecule has 0 spiro atoms. The number of urea groups is 1. The van der Waals surface area contributed by atoms with Crippen molar-refractivity contribution in [3.63, 3.8) is 0 Å². The maximum absolute atomic E-state index is 13.5. The number of carbonyl (C=O) groups is 1. The number of nitrogens with one attached hydrogen (secondary N) is 2. The van der Waals surface area contributed by atoms with E-state index in [1.54, 1.807) is 45.3 Å². The molecule has 9 heteroatoms. The molecule has 0 saturated carbocycles. The molecule has 2 aromatic heterocycles. The normalized spacial score (nSPS) is 11.8. The number of amides is 2. The highest BCUT2D eigenvalue weighted by Gasteiger charge is 2.18. The van der Waals surface area contributed by atoms with Crippen LogP contribution in [0.4, 0.5) is 14.9 Å². The Bertz CT molecular complexity index is 926. The lowest BCUT2D eigenvalue weighted by Crippen LogP contribution is -2.33. The van der Waals surface area contributed by atoms with Gasteiger partial charge in [0.15, 0.2) is 5.82 Å². The van der Waals surface area contributed by atoms with E-state index in [1.165, 1.54) is 17.1 Å². The molecule has 1 atom stereocenters. The second-order valence-electron chi connectivity index (χ2n) is 5.82. The predicted octanol–water partition coefficient (Wildman–Crippen LogP) is 2.70. The van der Waals surface area contributed by atoms with Crippen molar-refractivity contribution in [3.8, 4) is 5.95 Å². The van der Waals surface area contributed by atoms with Gasteiger partial charge >= 0.3 is 6.03 Å². The molecule has 2 heterocycles. The average molecular weight is 355 g/mol. The average Bonchev–Trinajstić information content (AvgIpc) is 3.10. The number of anilines is 1. The van der Waals surface area contributed by atoms with Crippen molar-refractivity contribution < 1.29 is 9.18 Å². The van der Waals surface area contributed by atoms with Crippen LogP contribution in [-0.4, -0.2) is 30.8 Å². The first-order valence-corrected chi connectivity index (χ1v) is 7.97. The fourth-order valence-corrected chi connectivity index (χ4v) is 2.44. The van der Waals surface area contributed by atoms with Gasteiger partial charge < -0.3 is 10.6 Å². The van der Waals surface area contributed by atoms with Gasteiger partial charge in [-0.1, -0.05) is 0 Å². The van der Waals surface area contributed by atoms with E-state index < -0.39 is 12.1 Å². The van der Waals surface area contributed by atoms with Crippen LogP contribution in [0.1, 0.15) is 29.9 Å². The molecule has 3 rings (SSSR count). The van der Waals surface area contributed by atoms with Gasteiger partial charge in [-0.05, 0) is 50.1 Å². The summed E-state index contributed by atoms with van der Waals surface area (Å²) in [4.78, 5) is 24.7. The van der Waals surface area contributed by atoms with Crippen molar-refractivity contribution >= 4 is 11.7 Å². The smallest absolute Gasteiger partial charge is 0.319 e. The summed E-state index contributed by atoms with van der Waals surface area (Å²) < 4.78 is 15.0. The Morgan fingerprint density at radius 1 is 1.15 bits per heavy atom. The number of aryl methyl sites for hydroxylation is 2. The highest BCUT2D eigenvalue weighted by molar-refractivity contribution is 5.90. The first-order valence-electron chi connectivity index (χ1n) is 7.97. The van der Waals surface area contributed by atoms with Crippen molar-refractivity contribution in [1.82, 2.24) is 30.0 Å². The zero-order valence-corrected chi connectivity index (χ0v) is 14.6. The van der Waals surface area contributed by atoms with E-state index >= 15 is 0 Å². The lowest BCUT2D eigenvalue weighted by Gasteiger charge is -2.16. The van der Waals surface area contributed by atoms with Crippen LogP contribution < -0.4 is 10.6 Å². The topological polar surface area (TPSA) is 97.6 Å². The molecule has 0 aliphatic rings. The molecule has 0 aliphatic carbocycles. The van der Waals surface area contributed by atoms with Crippen LogP contribution in [0.2, 0.25) is 0 Å². The molecule has 0 bridgehead atoms. The summed E-state index contributed by atoms with van der Waals surface area (Å²) in [6.45, 7) is 5.14. The molecule has 0 fully saturated rings. The van der Waals surface area contributed by atoms with Crippen LogP contribution in [0.3, 0.4) is 0 Å². The number of carbonyl (C=O) groups excluding carboxylic acids is 1. The van der Waals surface area contributed by atoms with Crippen LogP contribution in [0.5, 0.6) is 0 Å². The summed E-state index contributed by atoms with van der Waals surface area (Å²) >= 11 is 0. The summed E-state index contributed by atoms with van der Waals surface area (Å²) in [6.07, 6.45) is 4.56. The van der Waals surface area contributed by atoms with Crippen molar-refractivity contribution in [3.05, 3.63) is 59.7 Å². The first kappa shape index (κ1) is 17.5. The molecule has 0 aliphatic heterocycles. The van der Waals surface area contributed by atoms with Crippen molar-refractivity contribution in [2.24, 2.45) is 0 Å². The minimum absolute atomic E-state index is 0.308. The maximum atomic E-state index is 13.5. The summed E-state index contributed by atoms with van der Waals surface area (Å²) in [7, 11) is 0. The third kappa shape index (κ3) is 3.66. The Kier molecular flexibility index (Phi) is 4.87. The maximum Gasteiger partial charge on any atom is 0.319 e. The van der Waals surface area contributed by atoms with Gasteiger partial charge in [0.2, 0.25) is 0 Å². The van der Waals surface area contributed by atoms with E-state index in [-0.39, 0.29) is 5.82 Å². The van der Waals surface area contributed by atoms with Gasteiger partial charge in [-0.3, -0.25) is 0 Å². The van der Waals surface area contributed by atoms with Crippen LogP contribution in [0, 0.1) is 19.7 Å². The summed E-state index contributed by atoms with van der Waals surface area (Å²) in [6, 6.07) is 3.79. The fraction of sp³-hybridized carbons (Fsp3) is 0.235. The molecule has 134 valence electrons. The number of rotatable bonds is 4. The summed E-state index contributed by atoms with van der Waals surface area (Å²) in [5, 5.41) is 9.61. The Morgan fingerprint density at radius 3 is 2.62 bits per heavy atom. The summed E-state index contributed by atoms with van der Waals surface area (Å²) in [5.74, 6) is 0.537. The Hall–Kier alpha value is -3.36. The third-order valence-corrected chi connectivity index (χ3v) is 3.80. The number of aromatic nitrogens is 5. The molecular formula is C17H18FN7O. The van der Waals surface area contributed by atoms with Crippen LogP contribution in [-0.2, 0) is 0 Å².